The van der Waals surface area contributed by atoms with E-state index in [1.165, 1.54) is 16.7 Å². The quantitative estimate of drug-likeness (QED) is 0.884. The average Bonchev–Trinajstić information content (AvgIpc) is 2.49. The SMILES string of the molecule is CCN(Cc1ccncc1)C(c1ccccc1C)C(C)N. The van der Waals surface area contributed by atoms with Crippen LogP contribution in [0.15, 0.2) is 48.8 Å². The maximum absolute atomic E-state index is 6.31. The molecule has 0 radical (unpaired) electrons. The number of nitrogens with zero attached hydrogens (tertiary/aromatic N) is 2. The number of hydrogen-bond acceptors (Lipinski definition) is 3. The van der Waals surface area contributed by atoms with Gasteiger partial charge < -0.3 is 5.73 Å². The second-order valence-corrected chi connectivity index (χ2v) is 5.58. The Labute approximate surface area is 127 Å². The second-order valence-electron chi connectivity index (χ2n) is 5.58. The Morgan fingerprint density at radius 1 is 1.14 bits per heavy atom. The van der Waals surface area contributed by atoms with Gasteiger partial charge in [0, 0.05) is 25.0 Å². The number of pyridine rings is 1. The Kier molecular flexibility index (Phi) is 5.48. The van der Waals surface area contributed by atoms with E-state index in [2.05, 4.69) is 67.1 Å². The molecule has 2 unspecified atom stereocenters. The summed E-state index contributed by atoms with van der Waals surface area (Å²) in [6.07, 6.45) is 3.69. The van der Waals surface area contributed by atoms with Crippen LogP contribution in [0.3, 0.4) is 0 Å². The van der Waals surface area contributed by atoms with Crippen molar-refractivity contribution in [3.8, 4) is 0 Å². The second kappa shape index (κ2) is 7.34. The predicted octanol–water partition coefficient (Wildman–Crippen LogP) is 3.30. The molecule has 1 aromatic carbocycles. The van der Waals surface area contributed by atoms with Gasteiger partial charge in [-0.3, -0.25) is 9.88 Å². The molecule has 0 aliphatic carbocycles. The summed E-state index contributed by atoms with van der Waals surface area (Å²) in [6.45, 7) is 8.29. The summed E-state index contributed by atoms with van der Waals surface area (Å²) in [7, 11) is 0. The van der Waals surface area contributed by atoms with Gasteiger partial charge in [0.2, 0.25) is 0 Å². The van der Waals surface area contributed by atoms with Crippen LogP contribution in [-0.2, 0) is 6.54 Å². The van der Waals surface area contributed by atoms with E-state index in [4.69, 9.17) is 5.73 Å². The molecule has 2 aromatic rings. The molecule has 3 heteroatoms. The van der Waals surface area contributed by atoms with E-state index in [0.717, 1.165) is 13.1 Å². The van der Waals surface area contributed by atoms with Gasteiger partial charge in [-0.05, 0) is 49.2 Å². The fourth-order valence-corrected chi connectivity index (χ4v) is 2.86. The molecule has 2 N–H and O–H groups in total. The number of benzene rings is 1. The van der Waals surface area contributed by atoms with Gasteiger partial charge in [0.25, 0.3) is 0 Å². The summed E-state index contributed by atoms with van der Waals surface area (Å²) in [6, 6.07) is 13.0. The van der Waals surface area contributed by atoms with E-state index in [1.807, 2.05) is 12.4 Å². The maximum Gasteiger partial charge on any atom is 0.0502 e. The summed E-state index contributed by atoms with van der Waals surface area (Å²) in [5.41, 5.74) is 10.2. The monoisotopic (exact) mass is 283 g/mol. The third-order valence-corrected chi connectivity index (χ3v) is 3.94. The minimum atomic E-state index is 0.0767. The number of hydrogen-bond donors (Lipinski definition) is 1. The predicted molar refractivity (Wildman–Crippen MR) is 87.9 cm³/mol. The molecule has 21 heavy (non-hydrogen) atoms. The van der Waals surface area contributed by atoms with E-state index in [1.54, 1.807) is 0 Å². The summed E-state index contributed by atoms with van der Waals surface area (Å²) in [5.74, 6) is 0. The van der Waals surface area contributed by atoms with Gasteiger partial charge in [-0.15, -0.1) is 0 Å². The molecule has 2 rings (SSSR count). The first-order valence-corrected chi connectivity index (χ1v) is 7.57. The van der Waals surface area contributed by atoms with Crippen LogP contribution in [0.2, 0.25) is 0 Å². The van der Waals surface area contributed by atoms with E-state index >= 15 is 0 Å². The molecule has 0 amide bonds. The lowest BCUT2D eigenvalue weighted by Gasteiger charge is -2.34. The Hall–Kier alpha value is -1.71. The minimum Gasteiger partial charge on any atom is -0.326 e. The van der Waals surface area contributed by atoms with Gasteiger partial charge in [0.05, 0.1) is 6.04 Å². The number of nitrogens with two attached hydrogens (primary N) is 1. The standard InChI is InChI=1S/C18H25N3/c1-4-21(13-16-9-11-20-12-10-16)18(15(3)19)17-8-6-5-7-14(17)2/h5-12,15,18H,4,13,19H2,1-3H3. The van der Waals surface area contributed by atoms with Crippen molar-refractivity contribution in [2.24, 2.45) is 5.73 Å². The van der Waals surface area contributed by atoms with Gasteiger partial charge in [0.15, 0.2) is 0 Å². The molecule has 0 saturated carbocycles. The van der Waals surface area contributed by atoms with Crippen molar-refractivity contribution in [1.29, 1.82) is 0 Å². The first kappa shape index (κ1) is 15.7. The van der Waals surface area contributed by atoms with E-state index in [-0.39, 0.29) is 12.1 Å². The lowest BCUT2D eigenvalue weighted by atomic mass is 9.94. The Bertz CT molecular complexity index is 551. The smallest absolute Gasteiger partial charge is 0.0502 e. The molecule has 0 bridgehead atoms. The van der Waals surface area contributed by atoms with Gasteiger partial charge in [-0.1, -0.05) is 31.2 Å². The normalized spacial score (nSPS) is 14.1. The summed E-state index contributed by atoms with van der Waals surface area (Å²) >= 11 is 0. The van der Waals surface area contributed by atoms with Gasteiger partial charge in [0.1, 0.15) is 0 Å². The molecule has 2 atom stereocenters. The summed E-state index contributed by atoms with van der Waals surface area (Å²) in [4.78, 5) is 6.52. The van der Waals surface area contributed by atoms with Crippen molar-refractivity contribution in [2.75, 3.05) is 6.54 Å². The average molecular weight is 283 g/mol. The van der Waals surface area contributed by atoms with E-state index in [0.29, 0.717) is 0 Å². The zero-order valence-corrected chi connectivity index (χ0v) is 13.2. The lowest BCUT2D eigenvalue weighted by Crippen LogP contribution is -2.39. The van der Waals surface area contributed by atoms with Crippen molar-refractivity contribution in [2.45, 2.75) is 39.4 Å². The molecular formula is C18H25N3. The van der Waals surface area contributed by atoms with Crippen LogP contribution < -0.4 is 5.73 Å². The van der Waals surface area contributed by atoms with Crippen molar-refractivity contribution in [3.05, 3.63) is 65.5 Å². The fraction of sp³-hybridized carbons (Fsp3) is 0.389. The largest absolute Gasteiger partial charge is 0.326 e. The first-order valence-electron chi connectivity index (χ1n) is 7.57. The van der Waals surface area contributed by atoms with Crippen LogP contribution in [0.5, 0.6) is 0 Å². The Balaban J connectivity index is 2.29. The molecule has 0 saturated heterocycles. The number of likely N-dealkylation sites (N-methyl/N-ethyl adjacent to an activating group) is 1. The van der Waals surface area contributed by atoms with Gasteiger partial charge in [-0.25, -0.2) is 0 Å². The summed E-state index contributed by atoms with van der Waals surface area (Å²) in [5, 5.41) is 0. The summed E-state index contributed by atoms with van der Waals surface area (Å²) < 4.78 is 0. The zero-order valence-electron chi connectivity index (χ0n) is 13.2. The van der Waals surface area contributed by atoms with Crippen LogP contribution in [0.25, 0.3) is 0 Å². The molecule has 0 aliphatic rings. The molecular weight excluding hydrogens is 258 g/mol. The van der Waals surface area contributed by atoms with Crippen molar-refractivity contribution >= 4 is 0 Å². The molecule has 112 valence electrons. The topological polar surface area (TPSA) is 42.2 Å². The van der Waals surface area contributed by atoms with Gasteiger partial charge >= 0.3 is 0 Å². The highest BCUT2D eigenvalue weighted by molar-refractivity contribution is 5.30. The maximum atomic E-state index is 6.31. The van der Waals surface area contributed by atoms with Crippen LogP contribution >= 0.6 is 0 Å². The Morgan fingerprint density at radius 3 is 2.38 bits per heavy atom. The first-order chi connectivity index (χ1) is 10.1. The minimum absolute atomic E-state index is 0.0767. The molecule has 0 aliphatic heterocycles. The van der Waals surface area contributed by atoms with Gasteiger partial charge in [-0.2, -0.15) is 0 Å². The van der Waals surface area contributed by atoms with Crippen LogP contribution in [0.1, 0.15) is 36.6 Å². The van der Waals surface area contributed by atoms with E-state index in [9.17, 15) is 0 Å². The molecule has 3 nitrogen and oxygen atoms in total. The highest BCUT2D eigenvalue weighted by atomic mass is 15.2. The third-order valence-electron chi connectivity index (χ3n) is 3.94. The van der Waals surface area contributed by atoms with Crippen molar-refractivity contribution in [1.82, 2.24) is 9.88 Å². The highest BCUT2D eigenvalue weighted by Gasteiger charge is 2.24. The molecule has 0 spiro atoms. The fourth-order valence-electron chi connectivity index (χ4n) is 2.86. The molecule has 1 aromatic heterocycles. The van der Waals surface area contributed by atoms with Crippen molar-refractivity contribution in [3.63, 3.8) is 0 Å². The number of aryl methyl sites for hydroxylation is 1. The Morgan fingerprint density at radius 2 is 1.81 bits per heavy atom. The van der Waals surface area contributed by atoms with Crippen LogP contribution in [-0.4, -0.2) is 22.5 Å². The highest BCUT2D eigenvalue weighted by Crippen LogP contribution is 2.27. The van der Waals surface area contributed by atoms with E-state index < -0.39 is 0 Å². The zero-order chi connectivity index (χ0) is 15.2. The van der Waals surface area contributed by atoms with Crippen LogP contribution in [0.4, 0.5) is 0 Å². The van der Waals surface area contributed by atoms with Crippen molar-refractivity contribution < 1.29 is 0 Å². The molecule has 1 heterocycles. The lowest BCUT2D eigenvalue weighted by molar-refractivity contribution is 0.176. The number of rotatable bonds is 6. The third kappa shape index (κ3) is 3.90. The molecule has 0 fully saturated rings. The number of aromatic nitrogens is 1. The van der Waals surface area contributed by atoms with Crippen LogP contribution in [0, 0.1) is 6.92 Å².